The van der Waals surface area contributed by atoms with Crippen molar-refractivity contribution in [3.8, 4) is 0 Å². The van der Waals surface area contributed by atoms with E-state index in [-0.39, 0.29) is 5.69 Å². The van der Waals surface area contributed by atoms with Gasteiger partial charge in [-0.15, -0.1) is 0 Å². The Bertz CT molecular complexity index is 780. The average Bonchev–Trinajstić information content (AvgIpc) is 2.73. The molecule has 5 heteroatoms. The van der Waals surface area contributed by atoms with E-state index in [0.717, 1.165) is 28.0 Å². The SMILES string of the molecule is Cc1cccc(N)c1Nc1ccc2[nH]c(=O)[nH]c2c1. The molecule has 0 saturated heterocycles. The maximum atomic E-state index is 11.2. The molecule has 0 atom stereocenters. The lowest BCUT2D eigenvalue weighted by atomic mass is 10.1. The van der Waals surface area contributed by atoms with Gasteiger partial charge in [-0.05, 0) is 36.8 Å². The van der Waals surface area contributed by atoms with Crippen LogP contribution in [0, 0.1) is 6.92 Å². The molecule has 0 unspecified atom stereocenters. The Labute approximate surface area is 109 Å². The molecule has 96 valence electrons. The molecule has 0 saturated carbocycles. The maximum absolute atomic E-state index is 11.2. The molecule has 0 aliphatic carbocycles. The lowest BCUT2D eigenvalue weighted by molar-refractivity contribution is 1.22. The van der Waals surface area contributed by atoms with Gasteiger partial charge < -0.3 is 21.0 Å². The summed E-state index contributed by atoms with van der Waals surface area (Å²) in [5, 5.41) is 3.28. The van der Waals surface area contributed by atoms with Gasteiger partial charge in [0.1, 0.15) is 0 Å². The van der Waals surface area contributed by atoms with Gasteiger partial charge in [-0.25, -0.2) is 4.79 Å². The molecular weight excluding hydrogens is 240 g/mol. The zero-order valence-corrected chi connectivity index (χ0v) is 10.4. The van der Waals surface area contributed by atoms with Crippen LogP contribution in [0.25, 0.3) is 11.0 Å². The van der Waals surface area contributed by atoms with Crippen LogP contribution in [0.3, 0.4) is 0 Å². The van der Waals surface area contributed by atoms with Gasteiger partial charge in [-0.2, -0.15) is 0 Å². The molecule has 0 amide bonds. The van der Waals surface area contributed by atoms with Crippen molar-refractivity contribution in [1.82, 2.24) is 9.97 Å². The standard InChI is InChI=1S/C14H14N4O/c1-8-3-2-4-10(15)13(8)16-9-5-6-11-12(7-9)18-14(19)17-11/h2-7,16H,15H2,1H3,(H2,17,18,19). The van der Waals surface area contributed by atoms with Crippen molar-refractivity contribution >= 4 is 28.1 Å². The molecule has 5 nitrogen and oxygen atoms in total. The number of hydrogen-bond donors (Lipinski definition) is 4. The van der Waals surface area contributed by atoms with E-state index in [1.165, 1.54) is 0 Å². The number of imidazole rings is 1. The number of benzene rings is 2. The minimum absolute atomic E-state index is 0.206. The minimum Gasteiger partial charge on any atom is -0.397 e. The number of nitrogens with two attached hydrogens (primary N) is 1. The van der Waals surface area contributed by atoms with Crippen LogP contribution in [-0.2, 0) is 0 Å². The summed E-state index contributed by atoms with van der Waals surface area (Å²) in [5.41, 5.74) is 10.8. The molecule has 0 aliphatic heterocycles. The largest absolute Gasteiger partial charge is 0.397 e. The van der Waals surface area contributed by atoms with Gasteiger partial charge in [0.05, 0.1) is 22.4 Å². The summed E-state index contributed by atoms with van der Waals surface area (Å²) in [4.78, 5) is 16.7. The number of para-hydroxylation sites is 1. The summed E-state index contributed by atoms with van der Waals surface area (Å²) < 4.78 is 0. The third-order valence-corrected chi connectivity index (χ3v) is 3.09. The maximum Gasteiger partial charge on any atom is 0.323 e. The third-order valence-electron chi connectivity index (χ3n) is 3.09. The number of hydrogen-bond acceptors (Lipinski definition) is 3. The van der Waals surface area contributed by atoms with Gasteiger partial charge in [0.25, 0.3) is 0 Å². The second kappa shape index (κ2) is 4.20. The zero-order chi connectivity index (χ0) is 13.4. The van der Waals surface area contributed by atoms with Crippen molar-refractivity contribution in [2.45, 2.75) is 6.92 Å². The van der Waals surface area contributed by atoms with E-state index in [1.54, 1.807) is 0 Å². The van der Waals surface area contributed by atoms with E-state index in [1.807, 2.05) is 43.3 Å². The van der Waals surface area contributed by atoms with Crippen molar-refractivity contribution in [2.24, 2.45) is 0 Å². The van der Waals surface area contributed by atoms with Crippen LogP contribution in [-0.4, -0.2) is 9.97 Å². The molecule has 0 fully saturated rings. The van der Waals surface area contributed by atoms with Gasteiger partial charge in [0, 0.05) is 5.69 Å². The fourth-order valence-corrected chi connectivity index (χ4v) is 2.12. The number of aryl methyl sites for hydroxylation is 1. The van der Waals surface area contributed by atoms with Crippen LogP contribution in [0.1, 0.15) is 5.56 Å². The van der Waals surface area contributed by atoms with E-state index < -0.39 is 0 Å². The van der Waals surface area contributed by atoms with E-state index in [9.17, 15) is 4.79 Å². The first kappa shape index (κ1) is 11.4. The van der Waals surface area contributed by atoms with Crippen LogP contribution in [0.5, 0.6) is 0 Å². The quantitative estimate of drug-likeness (QED) is 0.530. The van der Waals surface area contributed by atoms with Gasteiger partial charge in [0.2, 0.25) is 0 Å². The summed E-state index contributed by atoms with van der Waals surface area (Å²) >= 11 is 0. The number of nitrogen functional groups attached to an aromatic ring is 1. The lowest BCUT2D eigenvalue weighted by Crippen LogP contribution is -1.99. The number of H-pyrrole nitrogens is 2. The average molecular weight is 254 g/mol. The van der Waals surface area contributed by atoms with Crippen LogP contribution in [0.4, 0.5) is 17.1 Å². The summed E-state index contributed by atoms with van der Waals surface area (Å²) in [6.45, 7) is 2.00. The van der Waals surface area contributed by atoms with Crippen molar-refractivity contribution in [3.63, 3.8) is 0 Å². The normalized spacial score (nSPS) is 10.8. The molecule has 0 bridgehead atoms. The van der Waals surface area contributed by atoms with Crippen LogP contribution >= 0.6 is 0 Å². The Balaban J connectivity index is 2.03. The highest BCUT2D eigenvalue weighted by molar-refractivity contribution is 5.82. The first-order chi connectivity index (χ1) is 9.13. The van der Waals surface area contributed by atoms with E-state index >= 15 is 0 Å². The molecule has 1 heterocycles. The Morgan fingerprint density at radius 2 is 1.89 bits per heavy atom. The molecule has 5 N–H and O–H groups in total. The monoisotopic (exact) mass is 254 g/mol. The molecule has 2 aromatic carbocycles. The van der Waals surface area contributed by atoms with Gasteiger partial charge >= 0.3 is 5.69 Å². The summed E-state index contributed by atoms with van der Waals surface area (Å²) in [5.74, 6) is 0. The Morgan fingerprint density at radius 3 is 2.68 bits per heavy atom. The summed E-state index contributed by atoms with van der Waals surface area (Å²) in [6, 6.07) is 11.4. The Morgan fingerprint density at radius 1 is 1.11 bits per heavy atom. The molecule has 3 rings (SSSR count). The first-order valence-corrected chi connectivity index (χ1v) is 5.97. The summed E-state index contributed by atoms with van der Waals surface area (Å²) in [7, 11) is 0. The predicted octanol–water partition coefficient (Wildman–Crippen LogP) is 2.49. The number of aromatic nitrogens is 2. The van der Waals surface area contributed by atoms with Crippen molar-refractivity contribution < 1.29 is 0 Å². The fourth-order valence-electron chi connectivity index (χ4n) is 2.12. The predicted molar refractivity (Wildman–Crippen MR) is 77.8 cm³/mol. The Hall–Kier alpha value is -2.69. The van der Waals surface area contributed by atoms with E-state index in [4.69, 9.17) is 5.73 Å². The lowest BCUT2D eigenvalue weighted by Gasteiger charge is -2.12. The number of anilines is 3. The highest BCUT2D eigenvalue weighted by atomic mass is 16.1. The highest BCUT2D eigenvalue weighted by Gasteiger charge is 2.04. The second-order valence-electron chi connectivity index (χ2n) is 4.50. The Kier molecular flexibility index (Phi) is 2.52. The first-order valence-electron chi connectivity index (χ1n) is 5.97. The van der Waals surface area contributed by atoms with Crippen LogP contribution in [0.2, 0.25) is 0 Å². The van der Waals surface area contributed by atoms with E-state index in [2.05, 4.69) is 15.3 Å². The number of fused-ring (bicyclic) bond motifs is 1. The zero-order valence-electron chi connectivity index (χ0n) is 10.4. The van der Waals surface area contributed by atoms with Crippen LogP contribution in [0.15, 0.2) is 41.2 Å². The minimum atomic E-state index is -0.206. The third kappa shape index (κ3) is 2.06. The van der Waals surface area contributed by atoms with Crippen LogP contribution < -0.4 is 16.7 Å². The number of aromatic amines is 2. The number of nitrogens with one attached hydrogen (secondary N) is 3. The second-order valence-corrected chi connectivity index (χ2v) is 4.50. The van der Waals surface area contributed by atoms with Crippen molar-refractivity contribution in [2.75, 3.05) is 11.1 Å². The van der Waals surface area contributed by atoms with Crippen molar-refractivity contribution in [1.29, 1.82) is 0 Å². The topological polar surface area (TPSA) is 86.7 Å². The summed E-state index contributed by atoms with van der Waals surface area (Å²) in [6.07, 6.45) is 0. The highest BCUT2D eigenvalue weighted by Crippen LogP contribution is 2.27. The molecule has 0 spiro atoms. The fraction of sp³-hybridized carbons (Fsp3) is 0.0714. The van der Waals surface area contributed by atoms with Crippen molar-refractivity contribution in [3.05, 3.63) is 52.4 Å². The molecule has 1 aromatic heterocycles. The molecule has 3 aromatic rings. The van der Waals surface area contributed by atoms with Gasteiger partial charge in [-0.3, -0.25) is 0 Å². The number of rotatable bonds is 2. The van der Waals surface area contributed by atoms with Gasteiger partial charge in [-0.1, -0.05) is 12.1 Å². The van der Waals surface area contributed by atoms with Gasteiger partial charge in [0.15, 0.2) is 0 Å². The van der Waals surface area contributed by atoms with E-state index in [0.29, 0.717) is 5.69 Å². The molecule has 0 aliphatic rings. The molecular formula is C14H14N4O. The smallest absolute Gasteiger partial charge is 0.323 e. The molecule has 19 heavy (non-hydrogen) atoms. The molecule has 0 radical (unpaired) electrons.